The van der Waals surface area contributed by atoms with Crippen molar-refractivity contribution in [1.29, 1.82) is 0 Å². The molecule has 0 spiro atoms. The van der Waals surface area contributed by atoms with Crippen LogP contribution in [-0.4, -0.2) is 0 Å². The Hall–Kier alpha value is -3.52. The molecule has 0 N–H and O–H groups in total. The summed E-state index contributed by atoms with van der Waals surface area (Å²) in [6.07, 6.45) is 0. The molecular formula is C25H16O2. The van der Waals surface area contributed by atoms with Gasteiger partial charge in [0.25, 0.3) is 0 Å². The van der Waals surface area contributed by atoms with Crippen LogP contribution in [0.5, 0.6) is 0 Å². The molecule has 0 fully saturated rings. The number of para-hydroxylation sites is 2. The third kappa shape index (κ3) is 2.07. The first-order valence-corrected chi connectivity index (χ1v) is 9.11. The molecule has 2 aromatic heterocycles. The summed E-state index contributed by atoms with van der Waals surface area (Å²) in [4.78, 5) is 0. The maximum absolute atomic E-state index is 6.25. The highest BCUT2D eigenvalue weighted by molar-refractivity contribution is 6.11. The Morgan fingerprint density at radius 2 is 1.30 bits per heavy atom. The molecule has 0 aliphatic heterocycles. The molecule has 2 nitrogen and oxygen atoms in total. The summed E-state index contributed by atoms with van der Waals surface area (Å²) in [6, 6.07) is 27.2. The first-order valence-electron chi connectivity index (χ1n) is 9.11. The predicted octanol–water partition coefficient (Wildman–Crippen LogP) is 7.46. The quantitative estimate of drug-likeness (QED) is 0.308. The number of rotatable bonds is 1. The van der Waals surface area contributed by atoms with Crippen LogP contribution in [0.1, 0.15) is 5.56 Å². The molecule has 6 rings (SSSR count). The SMILES string of the molecule is Cc1ccc2oc3c(-c4ccc5oc6ccccc6c5c4)cccc3c2c1. The van der Waals surface area contributed by atoms with Crippen molar-refractivity contribution in [2.75, 3.05) is 0 Å². The van der Waals surface area contributed by atoms with Crippen LogP contribution in [0.4, 0.5) is 0 Å². The van der Waals surface area contributed by atoms with Crippen LogP contribution in [-0.2, 0) is 0 Å². The second kappa shape index (κ2) is 5.24. The maximum atomic E-state index is 6.25. The van der Waals surface area contributed by atoms with Crippen molar-refractivity contribution in [3.63, 3.8) is 0 Å². The fourth-order valence-electron chi connectivity index (χ4n) is 4.03. The van der Waals surface area contributed by atoms with E-state index in [2.05, 4.69) is 67.6 Å². The van der Waals surface area contributed by atoms with Gasteiger partial charge in [0.1, 0.15) is 22.3 Å². The Labute approximate surface area is 155 Å². The van der Waals surface area contributed by atoms with Crippen LogP contribution in [0.15, 0.2) is 87.7 Å². The summed E-state index contributed by atoms with van der Waals surface area (Å²) < 4.78 is 12.2. The highest BCUT2D eigenvalue weighted by Crippen LogP contribution is 2.38. The van der Waals surface area contributed by atoms with Crippen molar-refractivity contribution in [3.05, 3.63) is 84.4 Å². The largest absolute Gasteiger partial charge is 0.456 e. The van der Waals surface area contributed by atoms with Gasteiger partial charge in [0.2, 0.25) is 0 Å². The van der Waals surface area contributed by atoms with E-state index in [0.717, 1.165) is 49.6 Å². The molecule has 0 amide bonds. The van der Waals surface area contributed by atoms with E-state index in [-0.39, 0.29) is 0 Å². The molecule has 0 unspecified atom stereocenters. The van der Waals surface area contributed by atoms with Crippen LogP contribution < -0.4 is 0 Å². The molecule has 0 bridgehead atoms. The fourth-order valence-corrected chi connectivity index (χ4v) is 4.03. The van der Waals surface area contributed by atoms with E-state index < -0.39 is 0 Å². The fraction of sp³-hybridized carbons (Fsp3) is 0.0400. The zero-order chi connectivity index (χ0) is 18.0. The molecule has 4 aromatic carbocycles. The topological polar surface area (TPSA) is 26.3 Å². The number of furan rings is 2. The second-order valence-corrected chi connectivity index (χ2v) is 7.09. The van der Waals surface area contributed by atoms with E-state index in [0.29, 0.717) is 0 Å². The number of hydrogen-bond donors (Lipinski definition) is 0. The molecule has 27 heavy (non-hydrogen) atoms. The molecule has 0 radical (unpaired) electrons. The standard InChI is InChI=1S/C25H16O2/c1-15-9-11-24-20(13-15)19-7-4-6-17(25(19)27-24)16-10-12-23-21(14-16)18-5-2-3-8-22(18)26-23/h2-14H,1H3. The van der Waals surface area contributed by atoms with Gasteiger partial charge in [-0.3, -0.25) is 0 Å². The summed E-state index contributed by atoms with van der Waals surface area (Å²) in [7, 11) is 0. The normalized spacial score (nSPS) is 11.9. The number of fused-ring (bicyclic) bond motifs is 6. The number of aryl methyl sites for hydroxylation is 1. The van der Waals surface area contributed by atoms with E-state index in [1.54, 1.807) is 0 Å². The highest BCUT2D eigenvalue weighted by Gasteiger charge is 2.14. The van der Waals surface area contributed by atoms with Crippen LogP contribution in [0.3, 0.4) is 0 Å². The van der Waals surface area contributed by atoms with Gasteiger partial charge in [-0.05, 0) is 42.8 Å². The van der Waals surface area contributed by atoms with Crippen LogP contribution in [0.2, 0.25) is 0 Å². The smallest absolute Gasteiger partial charge is 0.143 e. The highest BCUT2D eigenvalue weighted by atomic mass is 16.3. The third-order valence-corrected chi connectivity index (χ3v) is 5.34. The lowest BCUT2D eigenvalue weighted by atomic mass is 10.00. The van der Waals surface area contributed by atoms with E-state index in [1.807, 2.05) is 18.2 Å². The van der Waals surface area contributed by atoms with Crippen molar-refractivity contribution >= 4 is 43.9 Å². The molecule has 0 atom stereocenters. The molecule has 2 heterocycles. The minimum absolute atomic E-state index is 0.910. The van der Waals surface area contributed by atoms with Gasteiger partial charge in [-0.1, -0.05) is 54.1 Å². The van der Waals surface area contributed by atoms with Crippen molar-refractivity contribution in [2.24, 2.45) is 0 Å². The van der Waals surface area contributed by atoms with Gasteiger partial charge >= 0.3 is 0 Å². The summed E-state index contributed by atoms with van der Waals surface area (Å²) >= 11 is 0. The van der Waals surface area contributed by atoms with E-state index >= 15 is 0 Å². The van der Waals surface area contributed by atoms with Crippen LogP contribution >= 0.6 is 0 Å². The number of hydrogen-bond acceptors (Lipinski definition) is 2. The molecule has 0 aliphatic rings. The Kier molecular flexibility index (Phi) is 2.84. The monoisotopic (exact) mass is 348 g/mol. The number of benzene rings is 4. The first kappa shape index (κ1) is 14.6. The van der Waals surface area contributed by atoms with E-state index in [9.17, 15) is 0 Å². The molecule has 0 saturated heterocycles. The zero-order valence-electron chi connectivity index (χ0n) is 14.8. The second-order valence-electron chi connectivity index (χ2n) is 7.09. The molecule has 128 valence electrons. The molecule has 0 aliphatic carbocycles. The molecule has 6 aromatic rings. The van der Waals surface area contributed by atoms with Crippen molar-refractivity contribution < 1.29 is 8.83 Å². The molecule has 2 heteroatoms. The van der Waals surface area contributed by atoms with Gasteiger partial charge in [-0.25, -0.2) is 0 Å². The van der Waals surface area contributed by atoms with Crippen molar-refractivity contribution in [2.45, 2.75) is 6.92 Å². The van der Waals surface area contributed by atoms with E-state index in [4.69, 9.17) is 8.83 Å². The minimum Gasteiger partial charge on any atom is -0.456 e. The summed E-state index contributed by atoms with van der Waals surface area (Å²) in [5, 5.41) is 4.60. The van der Waals surface area contributed by atoms with Gasteiger partial charge in [-0.15, -0.1) is 0 Å². The average molecular weight is 348 g/mol. The Morgan fingerprint density at radius 3 is 2.26 bits per heavy atom. The van der Waals surface area contributed by atoms with Gasteiger partial charge in [-0.2, -0.15) is 0 Å². The maximum Gasteiger partial charge on any atom is 0.143 e. The van der Waals surface area contributed by atoms with Gasteiger partial charge in [0.15, 0.2) is 0 Å². The van der Waals surface area contributed by atoms with Crippen LogP contribution in [0, 0.1) is 6.92 Å². The summed E-state index contributed by atoms with van der Waals surface area (Å²) in [5.74, 6) is 0. The van der Waals surface area contributed by atoms with Crippen LogP contribution in [0.25, 0.3) is 55.0 Å². The average Bonchev–Trinajstić information content (AvgIpc) is 3.25. The predicted molar refractivity (Wildman–Crippen MR) is 111 cm³/mol. The Balaban J connectivity index is 1.67. The summed E-state index contributed by atoms with van der Waals surface area (Å²) in [5.41, 5.74) is 7.17. The van der Waals surface area contributed by atoms with E-state index in [1.165, 1.54) is 10.9 Å². The zero-order valence-corrected chi connectivity index (χ0v) is 14.8. The third-order valence-electron chi connectivity index (χ3n) is 5.34. The van der Waals surface area contributed by atoms with Crippen molar-refractivity contribution in [3.8, 4) is 11.1 Å². The van der Waals surface area contributed by atoms with Crippen molar-refractivity contribution in [1.82, 2.24) is 0 Å². The lowest BCUT2D eigenvalue weighted by Gasteiger charge is -2.03. The minimum atomic E-state index is 0.910. The summed E-state index contributed by atoms with van der Waals surface area (Å²) in [6.45, 7) is 2.11. The van der Waals surface area contributed by atoms with Gasteiger partial charge in [0.05, 0.1) is 0 Å². The first-order chi connectivity index (χ1) is 13.3. The van der Waals surface area contributed by atoms with Gasteiger partial charge in [0, 0.05) is 27.1 Å². The lowest BCUT2D eigenvalue weighted by Crippen LogP contribution is -1.79. The molecule has 0 saturated carbocycles. The lowest BCUT2D eigenvalue weighted by molar-refractivity contribution is 0.668. The molecular weight excluding hydrogens is 332 g/mol. The van der Waals surface area contributed by atoms with Gasteiger partial charge < -0.3 is 8.83 Å². The Morgan fingerprint density at radius 1 is 0.556 bits per heavy atom. The Bertz CT molecular complexity index is 1480.